The predicted octanol–water partition coefficient (Wildman–Crippen LogP) is 2.83. The minimum absolute atomic E-state index is 0.369. The van der Waals surface area contributed by atoms with Crippen LogP contribution < -0.4 is 10.2 Å². The van der Waals surface area contributed by atoms with Crippen LogP contribution in [0.15, 0.2) is 18.2 Å². The Morgan fingerprint density at radius 2 is 1.89 bits per heavy atom. The summed E-state index contributed by atoms with van der Waals surface area (Å²) in [5.74, 6) is 1.13. The van der Waals surface area contributed by atoms with E-state index in [9.17, 15) is 0 Å². The number of nitrogens with one attached hydrogen (secondary N) is 1. The van der Waals surface area contributed by atoms with Gasteiger partial charge in [-0.2, -0.15) is 0 Å². The fourth-order valence-corrected chi connectivity index (χ4v) is 4.63. The van der Waals surface area contributed by atoms with Gasteiger partial charge in [-0.05, 0) is 61.4 Å². The second-order valence-corrected chi connectivity index (χ2v) is 8.00. The Morgan fingerprint density at radius 3 is 2.70 bits per heavy atom. The van der Waals surface area contributed by atoms with E-state index in [1.165, 1.54) is 54.2 Å². The highest BCUT2D eigenvalue weighted by Gasteiger charge is 2.20. The molecule has 0 bridgehead atoms. The lowest BCUT2D eigenvalue weighted by Gasteiger charge is -2.30. The number of nitrogens with zero attached hydrogens (tertiary/aromatic N) is 2. The van der Waals surface area contributed by atoms with Crippen LogP contribution in [0.2, 0.25) is 0 Å². The van der Waals surface area contributed by atoms with Gasteiger partial charge in [0.25, 0.3) is 0 Å². The Balaban J connectivity index is 1.44. The first-order valence-corrected chi connectivity index (χ1v) is 10.5. The molecule has 1 aliphatic carbocycles. The van der Waals surface area contributed by atoms with Gasteiger partial charge in [0.05, 0.1) is 24.8 Å². The minimum atomic E-state index is 0.369. The number of pyridine rings is 1. The van der Waals surface area contributed by atoms with E-state index in [-0.39, 0.29) is 0 Å². The minimum Gasteiger partial charge on any atom is -0.378 e. The topological polar surface area (TPSA) is 46.6 Å². The molecule has 2 fully saturated rings. The SMILES string of the molecule is c1c2c(cc3nc(N4CCOCC4)c(CNCC4CCCO4)cc13)CCC2. The molecule has 3 heterocycles. The van der Waals surface area contributed by atoms with Crippen LogP contribution in [0.3, 0.4) is 0 Å². The van der Waals surface area contributed by atoms with Gasteiger partial charge in [0, 0.05) is 43.7 Å². The van der Waals surface area contributed by atoms with Gasteiger partial charge in [-0.15, -0.1) is 0 Å². The Bertz CT molecular complexity index is 811. The van der Waals surface area contributed by atoms with E-state index in [1.54, 1.807) is 0 Å². The van der Waals surface area contributed by atoms with Crippen molar-refractivity contribution >= 4 is 16.7 Å². The molecule has 1 atom stereocenters. The van der Waals surface area contributed by atoms with Crippen LogP contribution in [0.4, 0.5) is 5.82 Å². The van der Waals surface area contributed by atoms with Crippen LogP contribution in [0.1, 0.15) is 36.0 Å². The molecule has 5 heteroatoms. The van der Waals surface area contributed by atoms with Crippen molar-refractivity contribution in [3.8, 4) is 0 Å². The molecule has 3 aliphatic rings. The van der Waals surface area contributed by atoms with Gasteiger partial charge < -0.3 is 19.7 Å². The summed E-state index contributed by atoms with van der Waals surface area (Å²) < 4.78 is 11.3. The molecule has 2 aromatic rings. The number of hydrogen-bond acceptors (Lipinski definition) is 5. The first-order valence-electron chi connectivity index (χ1n) is 10.5. The molecule has 5 rings (SSSR count). The molecular formula is C22H29N3O2. The van der Waals surface area contributed by atoms with Crippen molar-refractivity contribution in [3.63, 3.8) is 0 Å². The molecule has 2 saturated heterocycles. The average molecular weight is 367 g/mol. The highest BCUT2D eigenvalue weighted by Crippen LogP contribution is 2.30. The van der Waals surface area contributed by atoms with Crippen LogP contribution in [0.5, 0.6) is 0 Å². The molecule has 144 valence electrons. The van der Waals surface area contributed by atoms with E-state index in [4.69, 9.17) is 14.5 Å². The maximum atomic E-state index is 5.75. The summed E-state index contributed by atoms with van der Waals surface area (Å²) in [6, 6.07) is 7.05. The molecule has 5 nitrogen and oxygen atoms in total. The van der Waals surface area contributed by atoms with Crippen molar-refractivity contribution in [3.05, 3.63) is 34.9 Å². The number of ether oxygens (including phenoxy) is 2. The van der Waals surface area contributed by atoms with Gasteiger partial charge in [0.15, 0.2) is 0 Å². The van der Waals surface area contributed by atoms with Crippen LogP contribution in [0, 0.1) is 0 Å². The van der Waals surface area contributed by atoms with E-state index >= 15 is 0 Å². The predicted molar refractivity (Wildman–Crippen MR) is 107 cm³/mol. The van der Waals surface area contributed by atoms with Crippen molar-refractivity contribution in [1.29, 1.82) is 0 Å². The van der Waals surface area contributed by atoms with Gasteiger partial charge >= 0.3 is 0 Å². The average Bonchev–Trinajstić information content (AvgIpc) is 3.38. The fourth-order valence-electron chi connectivity index (χ4n) is 4.63. The highest BCUT2D eigenvalue weighted by molar-refractivity contribution is 5.84. The van der Waals surface area contributed by atoms with E-state index in [0.717, 1.165) is 57.3 Å². The first-order chi connectivity index (χ1) is 13.4. The van der Waals surface area contributed by atoms with Gasteiger partial charge in [0.2, 0.25) is 0 Å². The zero-order valence-electron chi connectivity index (χ0n) is 16.0. The third kappa shape index (κ3) is 3.68. The van der Waals surface area contributed by atoms with Gasteiger partial charge in [-0.3, -0.25) is 0 Å². The Hall–Kier alpha value is -1.69. The molecule has 1 aromatic heterocycles. The molecule has 1 N–H and O–H groups in total. The Morgan fingerprint density at radius 1 is 1.04 bits per heavy atom. The third-order valence-corrected chi connectivity index (χ3v) is 6.11. The lowest BCUT2D eigenvalue weighted by atomic mass is 10.0. The molecule has 27 heavy (non-hydrogen) atoms. The standard InChI is InChI=1S/C22H29N3O2/c1-3-16-11-18-12-19(14-23-15-20-5-2-8-27-20)22(25-6-9-26-10-7-25)24-21(18)13-17(16)4-1/h11-13,20,23H,1-10,14-15H2. The molecule has 1 aromatic carbocycles. The maximum absolute atomic E-state index is 5.75. The third-order valence-electron chi connectivity index (χ3n) is 6.11. The molecule has 0 saturated carbocycles. The van der Waals surface area contributed by atoms with E-state index in [1.807, 2.05) is 0 Å². The van der Waals surface area contributed by atoms with Crippen molar-refractivity contribution in [2.45, 2.75) is 44.8 Å². The number of rotatable bonds is 5. The second kappa shape index (κ2) is 7.74. The molecule has 0 amide bonds. The quantitative estimate of drug-likeness (QED) is 0.881. The Kier molecular flexibility index (Phi) is 4.99. The molecule has 1 unspecified atom stereocenters. The summed E-state index contributed by atoms with van der Waals surface area (Å²) >= 11 is 0. The fraction of sp³-hybridized carbons (Fsp3) is 0.591. The summed E-state index contributed by atoms with van der Waals surface area (Å²) in [7, 11) is 0. The second-order valence-electron chi connectivity index (χ2n) is 8.00. The summed E-state index contributed by atoms with van der Waals surface area (Å²) in [6.07, 6.45) is 6.42. The number of morpholine rings is 1. The molecule has 0 spiro atoms. The van der Waals surface area contributed by atoms with Crippen LogP contribution in [-0.2, 0) is 28.9 Å². The largest absolute Gasteiger partial charge is 0.378 e. The van der Waals surface area contributed by atoms with Crippen LogP contribution >= 0.6 is 0 Å². The number of aromatic nitrogens is 1. The number of hydrogen-bond donors (Lipinski definition) is 1. The number of aryl methyl sites for hydroxylation is 2. The van der Waals surface area contributed by atoms with Gasteiger partial charge in [-0.25, -0.2) is 4.98 Å². The molecule has 2 aliphatic heterocycles. The van der Waals surface area contributed by atoms with E-state index in [0.29, 0.717) is 6.10 Å². The van der Waals surface area contributed by atoms with Crippen molar-refractivity contribution in [1.82, 2.24) is 10.3 Å². The van der Waals surface area contributed by atoms with Gasteiger partial charge in [-0.1, -0.05) is 0 Å². The first kappa shape index (κ1) is 17.4. The monoisotopic (exact) mass is 367 g/mol. The Labute approximate surface area is 161 Å². The van der Waals surface area contributed by atoms with Crippen molar-refractivity contribution < 1.29 is 9.47 Å². The van der Waals surface area contributed by atoms with Gasteiger partial charge in [0.1, 0.15) is 5.82 Å². The zero-order valence-corrected chi connectivity index (χ0v) is 16.0. The maximum Gasteiger partial charge on any atom is 0.133 e. The lowest BCUT2D eigenvalue weighted by molar-refractivity contribution is 0.110. The smallest absolute Gasteiger partial charge is 0.133 e. The number of benzene rings is 1. The summed E-state index contributed by atoms with van der Waals surface area (Å²) in [5.41, 5.74) is 5.44. The van der Waals surface area contributed by atoms with E-state index < -0.39 is 0 Å². The summed E-state index contributed by atoms with van der Waals surface area (Å²) in [5, 5.41) is 4.90. The van der Waals surface area contributed by atoms with E-state index in [2.05, 4.69) is 28.4 Å². The summed E-state index contributed by atoms with van der Waals surface area (Å²) in [4.78, 5) is 7.51. The summed E-state index contributed by atoms with van der Waals surface area (Å²) in [6.45, 7) is 6.08. The van der Waals surface area contributed by atoms with Crippen LogP contribution in [-0.4, -0.2) is 50.5 Å². The molecular weight excluding hydrogens is 338 g/mol. The number of anilines is 1. The highest BCUT2D eigenvalue weighted by atomic mass is 16.5. The number of fused-ring (bicyclic) bond motifs is 2. The lowest BCUT2D eigenvalue weighted by Crippen LogP contribution is -2.38. The normalized spacial score (nSPS) is 22.5. The molecule has 0 radical (unpaired) electrons. The van der Waals surface area contributed by atoms with Crippen molar-refractivity contribution in [2.24, 2.45) is 0 Å². The van der Waals surface area contributed by atoms with Crippen molar-refractivity contribution in [2.75, 3.05) is 44.4 Å². The zero-order chi connectivity index (χ0) is 18.1. The van der Waals surface area contributed by atoms with Crippen LogP contribution in [0.25, 0.3) is 10.9 Å².